The van der Waals surface area contributed by atoms with Crippen LogP contribution in [-0.4, -0.2) is 50.2 Å². The fraction of sp³-hybridized carbons (Fsp3) is 0.500. The van der Waals surface area contributed by atoms with E-state index >= 15 is 0 Å². The topological polar surface area (TPSA) is 93.1 Å². The maximum atomic E-state index is 11.9. The lowest BCUT2D eigenvalue weighted by Gasteiger charge is -2.14. The van der Waals surface area contributed by atoms with Crippen LogP contribution in [0, 0.1) is 6.92 Å². The summed E-state index contributed by atoms with van der Waals surface area (Å²) in [6.45, 7) is 1.50. The largest absolute Gasteiger partial charge is 0.388 e. The van der Waals surface area contributed by atoms with Crippen LogP contribution in [0.5, 0.6) is 0 Å². The molecule has 1 aromatic rings. The van der Waals surface area contributed by atoms with Gasteiger partial charge >= 0.3 is 0 Å². The Balaban J connectivity index is 2.00. The summed E-state index contributed by atoms with van der Waals surface area (Å²) in [7, 11) is -3.88. The minimum atomic E-state index is -3.88. The average Bonchev–Trinajstić information content (AvgIpc) is 2.68. The summed E-state index contributed by atoms with van der Waals surface area (Å²) in [6, 6.07) is 6.23. The zero-order chi connectivity index (χ0) is 14.0. The molecule has 106 valence electrons. The SMILES string of the molecule is Cc1ccc(S(=O)(=O)OCC2OCC(O)C2O)cc1. The smallest absolute Gasteiger partial charge is 0.297 e. The first-order valence-corrected chi connectivity index (χ1v) is 7.25. The van der Waals surface area contributed by atoms with E-state index < -0.39 is 28.4 Å². The summed E-state index contributed by atoms with van der Waals surface area (Å²) in [4.78, 5) is 0.0473. The van der Waals surface area contributed by atoms with Crippen molar-refractivity contribution in [1.29, 1.82) is 0 Å². The Hall–Kier alpha value is -0.990. The van der Waals surface area contributed by atoms with E-state index in [4.69, 9.17) is 8.92 Å². The third-order valence-electron chi connectivity index (χ3n) is 2.95. The first-order valence-electron chi connectivity index (χ1n) is 5.84. The molecule has 0 aromatic heterocycles. The first-order chi connectivity index (χ1) is 8.90. The van der Waals surface area contributed by atoms with Crippen LogP contribution >= 0.6 is 0 Å². The highest BCUT2D eigenvalue weighted by molar-refractivity contribution is 7.86. The van der Waals surface area contributed by atoms with Crippen LogP contribution in [0.3, 0.4) is 0 Å². The molecule has 2 rings (SSSR count). The van der Waals surface area contributed by atoms with Gasteiger partial charge in [-0.2, -0.15) is 8.42 Å². The highest BCUT2D eigenvalue weighted by Crippen LogP contribution is 2.18. The molecule has 1 aromatic carbocycles. The number of ether oxygens (including phenoxy) is 1. The van der Waals surface area contributed by atoms with E-state index in [1.165, 1.54) is 12.1 Å². The molecule has 1 aliphatic heterocycles. The van der Waals surface area contributed by atoms with Crippen LogP contribution < -0.4 is 0 Å². The zero-order valence-corrected chi connectivity index (χ0v) is 11.2. The fourth-order valence-corrected chi connectivity index (χ4v) is 2.66. The highest BCUT2D eigenvalue weighted by atomic mass is 32.2. The van der Waals surface area contributed by atoms with Crippen molar-refractivity contribution in [2.45, 2.75) is 30.1 Å². The molecule has 0 saturated carbocycles. The number of hydrogen-bond donors (Lipinski definition) is 2. The third kappa shape index (κ3) is 3.31. The molecule has 1 aliphatic rings. The van der Waals surface area contributed by atoms with E-state index in [0.717, 1.165) is 5.56 Å². The Kier molecular flexibility index (Phi) is 4.22. The van der Waals surface area contributed by atoms with Crippen molar-refractivity contribution in [3.63, 3.8) is 0 Å². The molecule has 0 aliphatic carbocycles. The van der Waals surface area contributed by atoms with Crippen LogP contribution in [0.1, 0.15) is 5.56 Å². The number of rotatable bonds is 4. The Bertz CT molecular complexity index is 524. The molecule has 0 amide bonds. The molecule has 0 spiro atoms. The molecule has 19 heavy (non-hydrogen) atoms. The van der Waals surface area contributed by atoms with Crippen molar-refractivity contribution < 1.29 is 27.6 Å². The summed E-state index contributed by atoms with van der Waals surface area (Å²) in [5.41, 5.74) is 0.941. The highest BCUT2D eigenvalue weighted by Gasteiger charge is 2.35. The Labute approximate surface area is 111 Å². The average molecular weight is 288 g/mol. The zero-order valence-electron chi connectivity index (χ0n) is 10.4. The van der Waals surface area contributed by atoms with Gasteiger partial charge in [0.05, 0.1) is 18.1 Å². The van der Waals surface area contributed by atoms with E-state index in [-0.39, 0.29) is 18.1 Å². The molecule has 3 unspecified atom stereocenters. The Morgan fingerprint density at radius 1 is 1.32 bits per heavy atom. The summed E-state index contributed by atoms with van der Waals surface area (Å²) < 4.78 is 33.6. The van der Waals surface area contributed by atoms with Gasteiger partial charge in [-0.1, -0.05) is 17.7 Å². The monoisotopic (exact) mass is 288 g/mol. The van der Waals surface area contributed by atoms with Crippen LogP contribution in [0.15, 0.2) is 29.2 Å². The second kappa shape index (κ2) is 5.56. The van der Waals surface area contributed by atoms with Gasteiger partial charge in [-0.05, 0) is 19.1 Å². The quantitative estimate of drug-likeness (QED) is 0.747. The second-order valence-corrected chi connectivity index (χ2v) is 6.10. The Morgan fingerprint density at radius 2 is 1.95 bits per heavy atom. The normalized spacial score (nSPS) is 27.6. The van der Waals surface area contributed by atoms with Crippen molar-refractivity contribution in [2.24, 2.45) is 0 Å². The van der Waals surface area contributed by atoms with Crippen molar-refractivity contribution in [2.75, 3.05) is 13.2 Å². The summed E-state index contributed by atoms with van der Waals surface area (Å²) in [5.74, 6) is 0. The van der Waals surface area contributed by atoms with Crippen LogP contribution in [0.25, 0.3) is 0 Å². The molecule has 6 nitrogen and oxygen atoms in total. The summed E-state index contributed by atoms with van der Waals surface area (Å²) >= 11 is 0. The molecular weight excluding hydrogens is 272 g/mol. The van der Waals surface area contributed by atoms with Gasteiger partial charge in [0.2, 0.25) is 0 Å². The van der Waals surface area contributed by atoms with Crippen molar-refractivity contribution >= 4 is 10.1 Å². The number of aryl methyl sites for hydroxylation is 1. The molecular formula is C12H16O6S. The molecule has 1 heterocycles. The fourth-order valence-electron chi connectivity index (χ4n) is 1.74. The van der Waals surface area contributed by atoms with Gasteiger partial charge < -0.3 is 14.9 Å². The molecule has 0 bridgehead atoms. The molecule has 1 saturated heterocycles. The van der Waals surface area contributed by atoms with E-state index in [9.17, 15) is 18.6 Å². The van der Waals surface area contributed by atoms with Gasteiger partial charge in [-0.3, -0.25) is 4.18 Å². The van der Waals surface area contributed by atoms with Gasteiger partial charge in [0.1, 0.15) is 18.3 Å². The molecule has 1 fully saturated rings. The van der Waals surface area contributed by atoms with Gasteiger partial charge in [0.25, 0.3) is 10.1 Å². The lowest BCUT2D eigenvalue weighted by molar-refractivity contribution is 0.00120. The summed E-state index contributed by atoms with van der Waals surface area (Å²) in [6.07, 6.45) is -2.97. The second-order valence-electron chi connectivity index (χ2n) is 4.48. The number of aliphatic hydroxyl groups is 2. The minimum absolute atomic E-state index is 0.0280. The molecule has 0 radical (unpaired) electrons. The van der Waals surface area contributed by atoms with Gasteiger partial charge in [-0.25, -0.2) is 0 Å². The van der Waals surface area contributed by atoms with E-state index in [1.807, 2.05) is 6.92 Å². The van der Waals surface area contributed by atoms with E-state index in [1.54, 1.807) is 12.1 Å². The molecule has 3 atom stereocenters. The van der Waals surface area contributed by atoms with Gasteiger partial charge in [0.15, 0.2) is 0 Å². The summed E-state index contributed by atoms with van der Waals surface area (Å²) in [5, 5.41) is 18.8. The number of aliphatic hydroxyl groups excluding tert-OH is 2. The van der Waals surface area contributed by atoms with Gasteiger partial charge in [-0.15, -0.1) is 0 Å². The van der Waals surface area contributed by atoms with E-state index in [2.05, 4.69) is 0 Å². The lowest BCUT2D eigenvalue weighted by atomic mass is 10.2. The predicted molar refractivity (Wildman–Crippen MR) is 66.1 cm³/mol. The van der Waals surface area contributed by atoms with Crippen molar-refractivity contribution in [3.05, 3.63) is 29.8 Å². The van der Waals surface area contributed by atoms with Gasteiger partial charge in [0, 0.05) is 0 Å². The van der Waals surface area contributed by atoms with Crippen LogP contribution in [-0.2, 0) is 19.0 Å². The Morgan fingerprint density at radius 3 is 2.47 bits per heavy atom. The number of hydrogen-bond acceptors (Lipinski definition) is 6. The van der Waals surface area contributed by atoms with Crippen molar-refractivity contribution in [3.8, 4) is 0 Å². The number of benzene rings is 1. The minimum Gasteiger partial charge on any atom is -0.388 e. The van der Waals surface area contributed by atoms with Crippen LogP contribution in [0.4, 0.5) is 0 Å². The maximum Gasteiger partial charge on any atom is 0.297 e. The first kappa shape index (κ1) is 14.4. The standard InChI is InChI=1S/C12H16O6S/c1-8-2-4-9(5-3-8)19(15,16)18-7-11-12(14)10(13)6-17-11/h2-5,10-14H,6-7H2,1H3. The lowest BCUT2D eigenvalue weighted by Crippen LogP contribution is -2.33. The predicted octanol–water partition coefficient (Wildman–Crippen LogP) is -0.179. The molecule has 7 heteroatoms. The maximum absolute atomic E-state index is 11.9. The van der Waals surface area contributed by atoms with Crippen molar-refractivity contribution in [1.82, 2.24) is 0 Å². The van der Waals surface area contributed by atoms with E-state index in [0.29, 0.717) is 0 Å². The third-order valence-corrected chi connectivity index (χ3v) is 4.25. The molecule has 2 N–H and O–H groups in total. The van der Waals surface area contributed by atoms with Crippen LogP contribution in [0.2, 0.25) is 0 Å².